The second-order valence-electron chi connectivity index (χ2n) is 10.3. The molecule has 3 heterocycles. The van der Waals surface area contributed by atoms with E-state index >= 15 is 0 Å². The Hall–Kier alpha value is -3.95. The summed E-state index contributed by atoms with van der Waals surface area (Å²) in [5.74, 6) is 1.02. The van der Waals surface area contributed by atoms with E-state index in [1.54, 1.807) is 19.1 Å². The Morgan fingerprint density at radius 2 is 1.76 bits per heavy atom. The SMILES string of the molecule is CCOC(=O)N1c2ccc(OC)nc2[C@@H](Nc2ncc(OCCSC)c(Cc3cc(C(F)(F)F)cc(C(F)(F)F)c3)n2)C[C@H]1CC. The van der Waals surface area contributed by atoms with E-state index in [4.69, 9.17) is 14.2 Å². The van der Waals surface area contributed by atoms with Gasteiger partial charge in [0, 0.05) is 24.3 Å². The molecule has 0 fully saturated rings. The van der Waals surface area contributed by atoms with Gasteiger partial charge < -0.3 is 19.5 Å². The van der Waals surface area contributed by atoms with Gasteiger partial charge in [0.2, 0.25) is 11.8 Å². The standard InChI is InChI=1S/C30H33F6N5O4S/c1-5-20-15-22(26-23(7-8-25(40-26)43-3)41(20)28(42)44-6-2)39-27-37-16-24(45-9-10-46-4)21(38-27)13-17-11-18(29(31,32)33)14-19(12-17)30(34,35)36/h7-8,11-12,14,16,20,22H,5-6,9-10,13,15H2,1-4H3,(H,37,38,39)/t20-,22+/m1/s1. The van der Waals surface area contributed by atoms with Crippen molar-refractivity contribution in [3.63, 3.8) is 0 Å². The molecule has 9 nitrogen and oxygen atoms in total. The zero-order valence-electron chi connectivity index (χ0n) is 25.5. The number of ether oxygens (including phenoxy) is 3. The lowest BCUT2D eigenvalue weighted by Crippen LogP contribution is -2.46. The van der Waals surface area contributed by atoms with Crippen molar-refractivity contribution < 1.29 is 45.3 Å². The number of rotatable bonds is 11. The summed E-state index contributed by atoms with van der Waals surface area (Å²) < 4.78 is 97.7. The average Bonchev–Trinajstić information content (AvgIpc) is 3.00. The fourth-order valence-corrected chi connectivity index (χ4v) is 5.30. The van der Waals surface area contributed by atoms with Gasteiger partial charge in [0.25, 0.3) is 0 Å². The topological polar surface area (TPSA) is 98.7 Å². The van der Waals surface area contributed by atoms with Gasteiger partial charge in [-0.05, 0) is 55.9 Å². The Bertz CT molecular complexity index is 1490. The summed E-state index contributed by atoms with van der Waals surface area (Å²) in [5, 5.41) is 3.20. The highest BCUT2D eigenvalue weighted by Gasteiger charge is 2.39. The van der Waals surface area contributed by atoms with Crippen molar-refractivity contribution in [2.75, 3.05) is 42.5 Å². The van der Waals surface area contributed by atoms with E-state index in [1.807, 2.05) is 13.2 Å². The first kappa shape index (κ1) is 34.9. The molecule has 1 aromatic carbocycles. The number of thioether (sulfide) groups is 1. The minimum atomic E-state index is -5.00. The number of carbonyl (C=O) groups is 1. The van der Waals surface area contributed by atoms with Crippen LogP contribution in [-0.2, 0) is 23.5 Å². The molecule has 0 aliphatic carbocycles. The van der Waals surface area contributed by atoms with Crippen molar-refractivity contribution in [2.45, 2.75) is 57.5 Å². The molecular weight excluding hydrogens is 640 g/mol. The zero-order valence-corrected chi connectivity index (χ0v) is 26.3. The molecule has 1 amide bonds. The van der Waals surface area contributed by atoms with Crippen molar-refractivity contribution in [3.8, 4) is 11.6 Å². The van der Waals surface area contributed by atoms with Gasteiger partial charge in [-0.3, -0.25) is 4.90 Å². The molecule has 0 saturated carbocycles. The van der Waals surface area contributed by atoms with Gasteiger partial charge in [0.15, 0.2) is 5.75 Å². The fraction of sp³-hybridized carbons (Fsp3) is 0.467. The van der Waals surface area contributed by atoms with Crippen molar-refractivity contribution >= 4 is 29.5 Å². The molecule has 3 aromatic rings. The Kier molecular flexibility index (Phi) is 11.1. The van der Waals surface area contributed by atoms with E-state index in [9.17, 15) is 31.1 Å². The van der Waals surface area contributed by atoms with E-state index < -0.39 is 42.0 Å². The highest BCUT2D eigenvalue weighted by Crippen LogP contribution is 2.41. The molecule has 2 aromatic heterocycles. The Labute approximate surface area is 266 Å². The lowest BCUT2D eigenvalue weighted by molar-refractivity contribution is -0.143. The zero-order chi connectivity index (χ0) is 33.6. The molecule has 0 unspecified atom stereocenters. The van der Waals surface area contributed by atoms with E-state index in [0.717, 1.165) is 0 Å². The summed E-state index contributed by atoms with van der Waals surface area (Å²) in [5.41, 5.74) is -2.10. The van der Waals surface area contributed by atoms with Crippen molar-refractivity contribution in [1.29, 1.82) is 0 Å². The first-order chi connectivity index (χ1) is 21.8. The summed E-state index contributed by atoms with van der Waals surface area (Å²) in [4.78, 5) is 27.9. The second kappa shape index (κ2) is 14.6. The van der Waals surface area contributed by atoms with Crippen LogP contribution < -0.4 is 19.7 Å². The van der Waals surface area contributed by atoms with Crippen molar-refractivity contribution in [2.24, 2.45) is 0 Å². The number of halogens is 6. The van der Waals surface area contributed by atoms with Crippen LogP contribution in [0.15, 0.2) is 36.5 Å². The fourth-order valence-electron chi connectivity index (χ4n) is 5.05. The van der Waals surface area contributed by atoms with Crippen LogP contribution in [0, 0.1) is 0 Å². The number of methoxy groups -OCH3 is 1. The highest BCUT2D eigenvalue weighted by atomic mass is 32.2. The predicted molar refractivity (Wildman–Crippen MR) is 161 cm³/mol. The highest BCUT2D eigenvalue weighted by molar-refractivity contribution is 7.98. The first-order valence-corrected chi connectivity index (χ1v) is 15.7. The number of alkyl halides is 6. The van der Waals surface area contributed by atoms with Crippen LogP contribution in [0.3, 0.4) is 0 Å². The van der Waals surface area contributed by atoms with Crippen LogP contribution >= 0.6 is 11.8 Å². The maximum atomic E-state index is 13.6. The van der Waals surface area contributed by atoms with Crippen LogP contribution in [-0.4, -0.2) is 59.4 Å². The maximum Gasteiger partial charge on any atom is 0.416 e. The maximum absolute atomic E-state index is 13.6. The molecule has 0 radical (unpaired) electrons. The third kappa shape index (κ3) is 8.25. The number of anilines is 2. The van der Waals surface area contributed by atoms with Gasteiger partial charge in [0.05, 0.1) is 60.8 Å². The Morgan fingerprint density at radius 3 is 2.35 bits per heavy atom. The molecule has 4 rings (SSSR count). The van der Waals surface area contributed by atoms with E-state index in [0.29, 0.717) is 42.1 Å². The van der Waals surface area contributed by atoms with Crippen LogP contribution in [0.4, 0.5) is 42.8 Å². The van der Waals surface area contributed by atoms with Gasteiger partial charge in [0.1, 0.15) is 0 Å². The smallest absolute Gasteiger partial charge is 0.416 e. The minimum Gasteiger partial charge on any atom is -0.489 e. The summed E-state index contributed by atoms with van der Waals surface area (Å²) in [7, 11) is 1.45. The van der Waals surface area contributed by atoms with Gasteiger partial charge in [-0.25, -0.2) is 19.7 Å². The third-order valence-corrected chi connectivity index (χ3v) is 7.76. The van der Waals surface area contributed by atoms with Crippen LogP contribution in [0.5, 0.6) is 11.6 Å². The molecule has 2 atom stereocenters. The van der Waals surface area contributed by atoms with E-state index in [1.165, 1.54) is 30.0 Å². The summed E-state index contributed by atoms with van der Waals surface area (Å²) in [6, 6.07) is 3.85. The number of hydrogen-bond donors (Lipinski definition) is 1. The Morgan fingerprint density at radius 1 is 1.07 bits per heavy atom. The molecule has 1 N–H and O–H groups in total. The quantitative estimate of drug-likeness (QED) is 0.163. The second-order valence-corrected chi connectivity index (χ2v) is 11.2. The molecule has 0 spiro atoms. The summed E-state index contributed by atoms with van der Waals surface area (Å²) >= 11 is 1.49. The largest absolute Gasteiger partial charge is 0.489 e. The number of hydrogen-bond acceptors (Lipinski definition) is 9. The molecule has 250 valence electrons. The summed E-state index contributed by atoms with van der Waals surface area (Å²) in [6.07, 6.45) is -6.83. The van der Waals surface area contributed by atoms with Gasteiger partial charge in [-0.2, -0.15) is 38.1 Å². The predicted octanol–water partition coefficient (Wildman–Crippen LogP) is 7.55. The van der Waals surface area contributed by atoms with Gasteiger partial charge >= 0.3 is 18.4 Å². The molecule has 1 aliphatic rings. The average molecular weight is 674 g/mol. The molecule has 46 heavy (non-hydrogen) atoms. The number of amides is 1. The number of pyridine rings is 1. The monoisotopic (exact) mass is 673 g/mol. The molecular formula is C30H33F6N5O4S. The third-order valence-electron chi connectivity index (χ3n) is 7.18. The van der Waals surface area contributed by atoms with Crippen LogP contribution in [0.1, 0.15) is 60.8 Å². The van der Waals surface area contributed by atoms with Gasteiger partial charge in [-0.15, -0.1) is 0 Å². The first-order valence-electron chi connectivity index (χ1n) is 14.3. The number of nitrogens with one attached hydrogen (secondary N) is 1. The minimum absolute atomic E-state index is 0.0373. The number of aromatic nitrogens is 3. The number of benzene rings is 1. The van der Waals surface area contributed by atoms with Gasteiger partial charge in [-0.1, -0.05) is 6.92 Å². The number of carbonyl (C=O) groups excluding carboxylic acids is 1. The molecule has 0 saturated heterocycles. The Balaban J connectivity index is 1.75. The van der Waals surface area contributed by atoms with Crippen LogP contribution in [0.2, 0.25) is 0 Å². The molecule has 16 heteroatoms. The van der Waals surface area contributed by atoms with Crippen molar-refractivity contribution in [1.82, 2.24) is 15.0 Å². The van der Waals surface area contributed by atoms with E-state index in [-0.39, 0.29) is 54.2 Å². The van der Waals surface area contributed by atoms with Crippen molar-refractivity contribution in [3.05, 3.63) is 64.6 Å². The summed E-state index contributed by atoms with van der Waals surface area (Å²) in [6.45, 7) is 4.00. The number of fused-ring (bicyclic) bond motifs is 1. The number of nitrogens with zero attached hydrogens (tertiary/aromatic N) is 4. The normalized spacial score (nSPS) is 16.5. The molecule has 0 bridgehead atoms. The lowest BCUT2D eigenvalue weighted by atomic mass is 9.93. The lowest BCUT2D eigenvalue weighted by Gasteiger charge is -2.39. The molecule has 1 aliphatic heterocycles. The van der Waals surface area contributed by atoms with Crippen LogP contribution in [0.25, 0.3) is 0 Å². The van der Waals surface area contributed by atoms with E-state index in [2.05, 4.69) is 20.3 Å².